The first kappa shape index (κ1) is 20.2. The molecule has 0 aliphatic rings. The molecule has 0 saturated carbocycles. The first-order valence-electron chi connectivity index (χ1n) is 8.71. The second-order valence-corrected chi connectivity index (χ2v) is 7.22. The highest BCUT2D eigenvalue weighted by Crippen LogP contribution is 2.24. The molecule has 0 aromatic heterocycles. The summed E-state index contributed by atoms with van der Waals surface area (Å²) in [5, 5.41) is 4.26. The number of rotatable bonds is 10. The van der Waals surface area contributed by atoms with Gasteiger partial charge in [0, 0.05) is 34.7 Å². The Morgan fingerprint density at radius 2 is 1.80 bits per heavy atom. The fraction of sp³-hybridized carbons (Fsp3) is 0.400. The summed E-state index contributed by atoms with van der Waals surface area (Å²) >= 11 is 9.48. The zero-order chi connectivity index (χ0) is 18.1. The lowest BCUT2D eigenvalue weighted by Gasteiger charge is -2.18. The van der Waals surface area contributed by atoms with Crippen molar-refractivity contribution in [1.82, 2.24) is 10.2 Å². The van der Waals surface area contributed by atoms with E-state index in [0.29, 0.717) is 6.61 Å². The maximum Gasteiger partial charge on any atom is 0.124 e. The molecule has 0 fully saturated rings. The molecule has 2 aromatic rings. The predicted molar refractivity (Wildman–Crippen MR) is 109 cm³/mol. The molecule has 0 heterocycles. The van der Waals surface area contributed by atoms with Crippen LogP contribution in [0.2, 0.25) is 5.02 Å². The van der Waals surface area contributed by atoms with E-state index >= 15 is 0 Å². The molecule has 3 nitrogen and oxygen atoms in total. The average Bonchev–Trinajstić information content (AvgIpc) is 2.62. The Morgan fingerprint density at radius 3 is 2.48 bits per heavy atom. The van der Waals surface area contributed by atoms with Crippen LogP contribution in [0.4, 0.5) is 0 Å². The Morgan fingerprint density at radius 1 is 1.08 bits per heavy atom. The average molecular weight is 426 g/mol. The van der Waals surface area contributed by atoms with E-state index in [-0.39, 0.29) is 0 Å². The molecule has 2 aromatic carbocycles. The fourth-order valence-electron chi connectivity index (χ4n) is 2.57. The summed E-state index contributed by atoms with van der Waals surface area (Å²) in [7, 11) is 0. The largest absolute Gasteiger partial charge is 0.489 e. The van der Waals surface area contributed by atoms with Gasteiger partial charge < -0.3 is 15.0 Å². The Balaban J connectivity index is 1.91. The van der Waals surface area contributed by atoms with Crippen LogP contribution < -0.4 is 10.1 Å². The van der Waals surface area contributed by atoms with Crippen molar-refractivity contribution in [2.24, 2.45) is 0 Å². The Hall–Kier alpha value is -1.07. The van der Waals surface area contributed by atoms with Gasteiger partial charge in [0.15, 0.2) is 0 Å². The summed E-state index contributed by atoms with van der Waals surface area (Å²) in [6.07, 6.45) is 0. The first-order valence-corrected chi connectivity index (χ1v) is 9.88. The van der Waals surface area contributed by atoms with Crippen LogP contribution in [-0.4, -0.2) is 31.1 Å². The molecule has 0 spiro atoms. The normalized spacial score (nSPS) is 11.1. The quantitative estimate of drug-likeness (QED) is 0.535. The van der Waals surface area contributed by atoms with E-state index in [1.807, 2.05) is 36.4 Å². The lowest BCUT2D eigenvalue weighted by atomic mass is 10.2. The highest BCUT2D eigenvalue weighted by atomic mass is 79.9. The summed E-state index contributed by atoms with van der Waals surface area (Å²) in [5.74, 6) is 0.911. The van der Waals surface area contributed by atoms with Crippen LogP contribution in [0.1, 0.15) is 25.0 Å². The molecule has 0 unspecified atom stereocenters. The summed E-state index contributed by atoms with van der Waals surface area (Å²) in [5.41, 5.74) is 2.26. The van der Waals surface area contributed by atoms with E-state index in [1.54, 1.807) is 0 Å². The number of benzene rings is 2. The minimum atomic E-state index is 0.533. The van der Waals surface area contributed by atoms with Gasteiger partial charge in [0.05, 0.1) is 0 Å². The van der Waals surface area contributed by atoms with Gasteiger partial charge in [-0.3, -0.25) is 0 Å². The number of ether oxygens (including phenoxy) is 1. The second kappa shape index (κ2) is 10.8. The Labute approximate surface area is 164 Å². The Bertz CT molecular complexity index is 645. The molecule has 0 amide bonds. The third-order valence-electron chi connectivity index (χ3n) is 4.14. The zero-order valence-electron chi connectivity index (χ0n) is 14.9. The molecule has 5 heteroatoms. The third kappa shape index (κ3) is 6.98. The first-order chi connectivity index (χ1) is 12.1. The third-order valence-corrected chi connectivity index (χ3v) is 4.89. The van der Waals surface area contributed by atoms with Crippen molar-refractivity contribution in [3.05, 3.63) is 63.1 Å². The molecule has 0 aliphatic heterocycles. The van der Waals surface area contributed by atoms with Crippen LogP contribution in [-0.2, 0) is 13.2 Å². The number of hydrogen-bond acceptors (Lipinski definition) is 3. The number of hydrogen-bond donors (Lipinski definition) is 1. The van der Waals surface area contributed by atoms with Gasteiger partial charge in [-0.25, -0.2) is 0 Å². The van der Waals surface area contributed by atoms with E-state index in [0.717, 1.165) is 59.1 Å². The molecule has 0 atom stereocenters. The number of halogens is 2. The monoisotopic (exact) mass is 424 g/mol. The predicted octanol–water partition coefficient (Wildman–Crippen LogP) is 5.11. The summed E-state index contributed by atoms with van der Waals surface area (Å²) < 4.78 is 7.09. The molecule has 2 rings (SSSR count). The lowest BCUT2D eigenvalue weighted by molar-refractivity contribution is 0.295. The molecule has 25 heavy (non-hydrogen) atoms. The van der Waals surface area contributed by atoms with Gasteiger partial charge in [-0.1, -0.05) is 53.5 Å². The van der Waals surface area contributed by atoms with Gasteiger partial charge in [-0.05, 0) is 49.0 Å². The molecular weight excluding hydrogens is 400 g/mol. The van der Waals surface area contributed by atoms with Crippen molar-refractivity contribution in [3.63, 3.8) is 0 Å². The topological polar surface area (TPSA) is 24.5 Å². The van der Waals surface area contributed by atoms with Crippen molar-refractivity contribution in [2.75, 3.05) is 26.2 Å². The zero-order valence-corrected chi connectivity index (χ0v) is 17.2. The number of nitrogens with zero attached hydrogens (tertiary/aromatic N) is 1. The molecule has 0 bridgehead atoms. The van der Waals surface area contributed by atoms with Gasteiger partial charge in [-0.15, -0.1) is 0 Å². The molecule has 136 valence electrons. The van der Waals surface area contributed by atoms with E-state index in [1.165, 1.54) is 0 Å². The summed E-state index contributed by atoms with van der Waals surface area (Å²) in [4.78, 5) is 2.41. The SMILES string of the molecule is CCN(CC)CCNCc1cc(Br)ccc1OCc1ccc(Cl)cc1. The molecule has 0 radical (unpaired) electrons. The smallest absolute Gasteiger partial charge is 0.124 e. The number of nitrogens with one attached hydrogen (secondary N) is 1. The minimum Gasteiger partial charge on any atom is -0.489 e. The standard InChI is InChI=1S/C20H26BrClN2O/c1-3-24(4-2)12-11-23-14-17-13-18(21)7-10-20(17)25-15-16-5-8-19(22)9-6-16/h5-10,13,23H,3-4,11-12,14-15H2,1-2H3. The molecule has 1 N–H and O–H groups in total. The van der Waals surface area contributed by atoms with Crippen LogP contribution in [0.15, 0.2) is 46.9 Å². The van der Waals surface area contributed by atoms with Crippen LogP contribution in [0.5, 0.6) is 5.75 Å². The van der Waals surface area contributed by atoms with Crippen molar-refractivity contribution in [1.29, 1.82) is 0 Å². The Kier molecular flexibility index (Phi) is 8.76. The van der Waals surface area contributed by atoms with Gasteiger partial charge in [0.1, 0.15) is 12.4 Å². The molecule has 0 aliphatic carbocycles. The van der Waals surface area contributed by atoms with Gasteiger partial charge in [-0.2, -0.15) is 0 Å². The maximum absolute atomic E-state index is 6.02. The fourth-order valence-corrected chi connectivity index (χ4v) is 3.10. The maximum atomic E-state index is 6.02. The molecule has 0 saturated heterocycles. The second-order valence-electron chi connectivity index (χ2n) is 5.87. The minimum absolute atomic E-state index is 0.533. The van der Waals surface area contributed by atoms with Gasteiger partial charge in [0.25, 0.3) is 0 Å². The van der Waals surface area contributed by atoms with E-state index < -0.39 is 0 Å². The van der Waals surface area contributed by atoms with Crippen LogP contribution in [0.3, 0.4) is 0 Å². The van der Waals surface area contributed by atoms with E-state index in [4.69, 9.17) is 16.3 Å². The number of likely N-dealkylation sites (N-methyl/N-ethyl adjacent to an activating group) is 1. The van der Waals surface area contributed by atoms with Crippen molar-refractivity contribution >= 4 is 27.5 Å². The van der Waals surface area contributed by atoms with Gasteiger partial charge in [0.2, 0.25) is 0 Å². The van der Waals surface area contributed by atoms with Crippen molar-refractivity contribution < 1.29 is 4.74 Å². The van der Waals surface area contributed by atoms with Crippen molar-refractivity contribution in [3.8, 4) is 5.75 Å². The summed E-state index contributed by atoms with van der Waals surface area (Å²) in [6.45, 7) is 9.91. The molecular formula is C20H26BrClN2O. The van der Waals surface area contributed by atoms with E-state index in [9.17, 15) is 0 Å². The highest BCUT2D eigenvalue weighted by molar-refractivity contribution is 9.10. The van der Waals surface area contributed by atoms with Gasteiger partial charge >= 0.3 is 0 Å². The van der Waals surface area contributed by atoms with Crippen LogP contribution in [0.25, 0.3) is 0 Å². The van der Waals surface area contributed by atoms with Crippen molar-refractivity contribution in [2.45, 2.75) is 27.0 Å². The van der Waals surface area contributed by atoms with Crippen LogP contribution in [0, 0.1) is 0 Å². The lowest BCUT2D eigenvalue weighted by Crippen LogP contribution is -2.31. The highest BCUT2D eigenvalue weighted by Gasteiger charge is 2.06. The van der Waals surface area contributed by atoms with E-state index in [2.05, 4.69) is 46.1 Å². The van der Waals surface area contributed by atoms with Crippen LogP contribution >= 0.6 is 27.5 Å². The summed E-state index contributed by atoms with van der Waals surface area (Å²) in [6, 6.07) is 13.9.